The Morgan fingerprint density at radius 2 is 1.92 bits per heavy atom. The molecule has 2 aliphatic rings. The Morgan fingerprint density at radius 1 is 1.32 bits per heavy atom. The number of sulfonamides is 1. The Balaban J connectivity index is 2.11. The van der Waals surface area contributed by atoms with E-state index in [1.54, 1.807) is 20.8 Å². The van der Waals surface area contributed by atoms with Gasteiger partial charge in [-0.1, -0.05) is 6.08 Å². The molecule has 2 N–H and O–H groups in total. The van der Waals surface area contributed by atoms with E-state index in [0.717, 1.165) is 0 Å². The summed E-state index contributed by atoms with van der Waals surface area (Å²) in [6, 6.07) is 0. The number of hydrogen-bond acceptors (Lipinski definition) is 6. The fourth-order valence-corrected chi connectivity index (χ4v) is 4.29. The summed E-state index contributed by atoms with van der Waals surface area (Å²) in [5, 5.41) is 2.51. The van der Waals surface area contributed by atoms with Crippen LogP contribution in [0.5, 0.6) is 0 Å². The van der Waals surface area contributed by atoms with Crippen molar-refractivity contribution >= 4 is 22.0 Å². The van der Waals surface area contributed by atoms with Crippen LogP contribution in [0.15, 0.2) is 12.7 Å². The highest BCUT2D eigenvalue weighted by Gasteiger charge is 2.63. The fraction of sp³-hybridized carbons (Fsp3) is 0.750. The van der Waals surface area contributed by atoms with Gasteiger partial charge in [-0.05, 0) is 40.0 Å². The summed E-state index contributed by atoms with van der Waals surface area (Å²) in [6.45, 7) is 8.74. The highest BCUT2D eigenvalue weighted by atomic mass is 32.2. The lowest BCUT2D eigenvalue weighted by Gasteiger charge is -2.24. The van der Waals surface area contributed by atoms with Gasteiger partial charge < -0.3 is 14.8 Å². The van der Waals surface area contributed by atoms with E-state index in [1.807, 2.05) is 0 Å². The highest BCUT2D eigenvalue weighted by Crippen LogP contribution is 2.47. The molecule has 9 heteroatoms. The van der Waals surface area contributed by atoms with Gasteiger partial charge in [0.1, 0.15) is 15.9 Å². The number of carbonyl (C=O) groups excluding carboxylic acids is 2. The average molecular weight is 374 g/mol. The smallest absolute Gasteiger partial charge is 0.408 e. The Morgan fingerprint density at radius 3 is 2.32 bits per heavy atom. The minimum absolute atomic E-state index is 0.0208. The Kier molecular flexibility index (Phi) is 4.95. The first-order valence-electron chi connectivity index (χ1n) is 8.11. The van der Waals surface area contributed by atoms with Crippen molar-refractivity contribution in [1.29, 1.82) is 0 Å². The summed E-state index contributed by atoms with van der Waals surface area (Å²) in [7, 11) is -2.49. The van der Waals surface area contributed by atoms with E-state index in [0.29, 0.717) is 12.8 Å². The predicted molar refractivity (Wildman–Crippen MR) is 91.3 cm³/mol. The number of carbonyl (C=O) groups is 2. The standard InChI is InChI=1S/C16H26N2O6S/c1-6-11-9-16(11,17-13(20)24-14(2,3)4)12(19)18-25(21,22)15(7-8-15)10-23-5/h6,11H,1,7-10H2,2-5H3,(H,17,20)(H,18,19)/t11?,16-/m1/s1. The predicted octanol–water partition coefficient (Wildman–Crippen LogP) is 1.08. The van der Waals surface area contributed by atoms with E-state index in [4.69, 9.17) is 9.47 Å². The maximum absolute atomic E-state index is 12.6. The van der Waals surface area contributed by atoms with Gasteiger partial charge in [0.05, 0.1) is 6.61 Å². The van der Waals surface area contributed by atoms with Crippen molar-refractivity contribution in [3.63, 3.8) is 0 Å². The van der Waals surface area contributed by atoms with Crippen molar-refractivity contribution in [3.05, 3.63) is 12.7 Å². The second-order valence-corrected chi connectivity index (χ2v) is 9.77. The molecule has 0 aromatic rings. The molecule has 2 fully saturated rings. The molecule has 142 valence electrons. The van der Waals surface area contributed by atoms with Crippen LogP contribution in [0.4, 0.5) is 4.79 Å². The molecule has 0 heterocycles. The average Bonchev–Trinajstić information content (AvgIpc) is 3.32. The quantitative estimate of drug-likeness (QED) is 0.645. The molecule has 0 radical (unpaired) electrons. The first kappa shape index (κ1) is 19.7. The number of nitrogens with one attached hydrogen (secondary N) is 2. The summed E-state index contributed by atoms with van der Waals surface area (Å²) in [6.07, 6.45) is 1.88. The van der Waals surface area contributed by atoms with E-state index < -0.39 is 37.9 Å². The van der Waals surface area contributed by atoms with Gasteiger partial charge in [0, 0.05) is 13.0 Å². The first-order chi connectivity index (χ1) is 11.4. The third kappa shape index (κ3) is 3.98. The molecular formula is C16H26N2O6S. The summed E-state index contributed by atoms with van der Waals surface area (Å²) in [5.41, 5.74) is -2.08. The minimum Gasteiger partial charge on any atom is -0.444 e. The zero-order chi connectivity index (χ0) is 19.1. The lowest BCUT2D eigenvalue weighted by atomic mass is 10.2. The number of methoxy groups -OCH3 is 1. The van der Waals surface area contributed by atoms with Gasteiger partial charge in [-0.3, -0.25) is 9.52 Å². The molecule has 2 amide bonds. The van der Waals surface area contributed by atoms with Crippen LogP contribution < -0.4 is 10.0 Å². The summed E-state index contributed by atoms with van der Waals surface area (Å²) in [4.78, 5) is 24.7. The van der Waals surface area contributed by atoms with E-state index in [1.165, 1.54) is 13.2 Å². The Bertz CT molecular complexity index is 677. The minimum atomic E-state index is -3.91. The maximum Gasteiger partial charge on any atom is 0.408 e. The summed E-state index contributed by atoms with van der Waals surface area (Å²) >= 11 is 0. The van der Waals surface area contributed by atoms with Gasteiger partial charge in [0.15, 0.2) is 0 Å². The highest BCUT2D eigenvalue weighted by molar-refractivity contribution is 7.91. The molecule has 0 aliphatic heterocycles. The van der Waals surface area contributed by atoms with Crippen LogP contribution >= 0.6 is 0 Å². The van der Waals surface area contributed by atoms with E-state index in [9.17, 15) is 18.0 Å². The first-order valence-corrected chi connectivity index (χ1v) is 9.59. The number of amides is 2. The molecule has 2 atom stereocenters. The summed E-state index contributed by atoms with van der Waals surface area (Å²) < 4.78 is 36.2. The van der Waals surface area contributed by atoms with Crippen LogP contribution in [-0.4, -0.2) is 50.0 Å². The monoisotopic (exact) mass is 374 g/mol. The number of ether oxygens (including phenoxy) is 2. The zero-order valence-corrected chi connectivity index (χ0v) is 15.9. The molecule has 0 aromatic heterocycles. The van der Waals surface area contributed by atoms with Gasteiger partial charge in [0.2, 0.25) is 10.0 Å². The molecule has 2 saturated carbocycles. The number of alkyl carbamates (subject to hydrolysis) is 1. The van der Waals surface area contributed by atoms with Crippen molar-refractivity contribution in [3.8, 4) is 0 Å². The van der Waals surface area contributed by atoms with Crippen molar-refractivity contribution in [2.45, 2.75) is 55.9 Å². The van der Waals surface area contributed by atoms with Gasteiger partial charge in [-0.2, -0.15) is 0 Å². The van der Waals surface area contributed by atoms with Crippen molar-refractivity contribution in [2.24, 2.45) is 5.92 Å². The van der Waals surface area contributed by atoms with Crippen LogP contribution in [0.25, 0.3) is 0 Å². The van der Waals surface area contributed by atoms with Crippen LogP contribution in [0.1, 0.15) is 40.0 Å². The van der Waals surface area contributed by atoms with Gasteiger partial charge in [-0.25, -0.2) is 13.2 Å². The second-order valence-electron chi connectivity index (χ2n) is 7.70. The van der Waals surface area contributed by atoms with Gasteiger partial charge >= 0.3 is 6.09 Å². The lowest BCUT2D eigenvalue weighted by molar-refractivity contribution is -0.122. The van der Waals surface area contributed by atoms with E-state index in [2.05, 4.69) is 16.6 Å². The van der Waals surface area contributed by atoms with Crippen LogP contribution in [0.2, 0.25) is 0 Å². The Labute approximate surface area is 148 Å². The van der Waals surface area contributed by atoms with Gasteiger partial charge in [0.25, 0.3) is 5.91 Å². The van der Waals surface area contributed by atoms with E-state index in [-0.39, 0.29) is 18.9 Å². The molecule has 0 saturated heterocycles. The normalized spacial score (nSPS) is 27.1. The summed E-state index contributed by atoms with van der Waals surface area (Å²) in [5.74, 6) is -1.13. The number of rotatable bonds is 7. The molecule has 25 heavy (non-hydrogen) atoms. The van der Waals surface area contributed by atoms with Crippen LogP contribution in [0, 0.1) is 5.92 Å². The number of hydrogen-bond donors (Lipinski definition) is 2. The van der Waals surface area contributed by atoms with Crippen molar-refractivity contribution < 1.29 is 27.5 Å². The second kappa shape index (κ2) is 6.28. The maximum atomic E-state index is 12.6. The molecule has 1 unspecified atom stereocenters. The van der Waals surface area contributed by atoms with Gasteiger partial charge in [-0.15, -0.1) is 6.58 Å². The molecule has 0 aromatic carbocycles. The van der Waals surface area contributed by atoms with E-state index >= 15 is 0 Å². The largest absolute Gasteiger partial charge is 0.444 e. The zero-order valence-electron chi connectivity index (χ0n) is 15.0. The molecule has 0 spiro atoms. The molecule has 2 aliphatic carbocycles. The molecule has 8 nitrogen and oxygen atoms in total. The van der Waals surface area contributed by atoms with Crippen LogP contribution in [-0.2, 0) is 24.3 Å². The third-order valence-corrected chi connectivity index (χ3v) is 6.56. The Hall–Kier alpha value is -1.61. The molecule has 2 rings (SSSR count). The lowest BCUT2D eigenvalue weighted by Crippen LogP contribution is -2.54. The third-order valence-electron chi connectivity index (χ3n) is 4.44. The molecule has 0 bridgehead atoms. The van der Waals surface area contributed by atoms with Crippen molar-refractivity contribution in [1.82, 2.24) is 10.0 Å². The topological polar surface area (TPSA) is 111 Å². The SMILES string of the molecule is C=CC1C[C@]1(NC(=O)OC(C)(C)C)C(=O)NS(=O)(=O)C1(COC)CC1. The molecular weight excluding hydrogens is 348 g/mol. The fourth-order valence-electron chi connectivity index (χ4n) is 2.73. The van der Waals surface area contributed by atoms with Crippen molar-refractivity contribution in [2.75, 3.05) is 13.7 Å². The van der Waals surface area contributed by atoms with Crippen LogP contribution in [0.3, 0.4) is 0 Å².